The summed E-state index contributed by atoms with van der Waals surface area (Å²) in [5.74, 6) is 0.939. The molecule has 0 radical (unpaired) electrons. The van der Waals surface area contributed by atoms with Crippen molar-refractivity contribution in [2.75, 3.05) is 0 Å². The van der Waals surface area contributed by atoms with Crippen molar-refractivity contribution < 1.29 is 9.90 Å². The molecule has 2 rings (SSSR count). The number of Topliss-reactive ketones (excluding diaryl/α,β-unsaturated/α-hetero) is 1. The zero-order chi connectivity index (χ0) is 9.47. The Kier molecular flexibility index (Phi) is 2.18. The van der Waals surface area contributed by atoms with Gasteiger partial charge in [-0.05, 0) is 25.2 Å². The summed E-state index contributed by atoms with van der Waals surface area (Å²) in [6.45, 7) is 2.10. The fourth-order valence-corrected chi connectivity index (χ4v) is 3.07. The van der Waals surface area contributed by atoms with Gasteiger partial charge in [-0.1, -0.05) is 13.3 Å². The molecule has 0 saturated heterocycles. The minimum absolute atomic E-state index is 0.0897. The molecule has 0 heterocycles. The van der Waals surface area contributed by atoms with Crippen LogP contribution < -0.4 is 0 Å². The van der Waals surface area contributed by atoms with Crippen molar-refractivity contribution >= 4 is 5.78 Å². The molecule has 0 aromatic heterocycles. The predicted molar refractivity (Wildman–Crippen MR) is 50.3 cm³/mol. The molecule has 0 aromatic carbocycles. The van der Waals surface area contributed by atoms with Crippen LogP contribution in [-0.2, 0) is 4.79 Å². The first-order valence-corrected chi connectivity index (χ1v) is 5.33. The van der Waals surface area contributed by atoms with E-state index in [1.165, 1.54) is 6.42 Å². The number of carbonyl (C=O) groups is 1. The van der Waals surface area contributed by atoms with E-state index in [1.807, 2.05) is 0 Å². The van der Waals surface area contributed by atoms with Crippen LogP contribution in [0.1, 0.15) is 45.4 Å². The molecular weight excluding hydrogens is 164 g/mol. The molecule has 0 aliphatic heterocycles. The molecule has 2 aliphatic carbocycles. The molecule has 2 saturated carbocycles. The SMILES string of the molecule is C[C@]12CC(=O)CC[C@@H]1CCC[C@@H]2O. The molecule has 1 N–H and O–H groups in total. The van der Waals surface area contributed by atoms with Crippen molar-refractivity contribution in [2.45, 2.75) is 51.6 Å². The fraction of sp³-hybridized carbons (Fsp3) is 0.909. The third kappa shape index (κ3) is 1.41. The van der Waals surface area contributed by atoms with Gasteiger partial charge in [-0.3, -0.25) is 4.79 Å². The zero-order valence-corrected chi connectivity index (χ0v) is 8.25. The van der Waals surface area contributed by atoms with Crippen LogP contribution >= 0.6 is 0 Å². The highest BCUT2D eigenvalue weighted by Crippen LogP contribution is 2.48. The van der Waals surface area contributed by atoms with Gasteiger partial charge in [0.1, 0.15) is 5.78 Å². The third-order valence-electron chi connectivity index (χ3n) is 4.07. The van der Waals surface area contributed by atoms with E-state index in [9.17, 15) is 9.90 Å². The van der Waals surface area contributed by atoms with Crippen LogP contribution in [0.25, 0.3) is 0 Å². The van der Waals surface area contributed by atoms with Crippen LogP contribution in [0.2, 0.25) is 0 Å². The van der Waals surface area contributed by atoms with Gasteiger partial charge in [-0.15, -0.1) is 0 Å². The molecular formula is C11H18O2. The van der Waals surface area contributed by atoms with Gasteiger partial charge in [0, 0.05) is 18.3 Å². The Labute approximate surface area is 79.3 Å². The third-order valence-corrected chi connectivity index (χ3v) is 4.07. The van der Waals surface area contributed by atoms with Crippen LogP contribution in [0, 0.1) is 11.3 Å². The maximum absolute atomic E-state index is 11.4. The largest absolute Gasteiger partial charge is 0.393 e. The molecule has 13 heavy (non-hydrogen) atoms. The first-order valence-electron chi connectivity index (χ1n) is 5.33. The molecule has 2 aliphatic rings. The highest BCUT2D eigenvalue weighted by Gasteiger charge is 2.46. The normalized spacial score (nSPS) is 45.8. The van der Waals surface area contributed by atoms with Crippen LogP contribution in [0.15, 0.2) is 0 Å². The summed E-state index contributed by atoms with van der Waals surface area (Å²) in [6, 6.07) is 0. The van der Waals surface area contributed by atoms with Crippen LogP contribution in [0.5, 0.6) is 0 Å². The first kappa shape index (κ1) is 9.20. The lowest BCUT2D eigenvalue weighted by Crippen LogP contribution is -2.46. The molecule has 0 bridgehead atoms. The number of ketones is 1. The molecule has 74 valence electrons. The average molecular weight is 182 g/mol. The van der Waals surface area contributed by atoms with Crippen LogP contribution in [0.4, 0.5) is 0 Å². The second kappa shape index (κ2) is 3.09. The average Bonchev–Trinajstić information content (AvgIpc) is 2.07. The summed E-state index contributed by atoms with van der Waals surface area (Å²) >= 11 is 0. The Balaban J connectivity index is 2.20. The second-order valence-corrected chi connectivity index (χ2v) is 4.90. The van der Waals surface area contributed by atoms with Crippen molar-refractivity contribution in [3.8, 4) is 0 Å². The quantitative estimate of drug-likeness (QED) is 0.621. The molecule has 0 unspecified atom stereocenters. The van der Waals surface area contributed by atoms with Gasteiger partial charge in [0.15, 0.2) is 0 Å². The van der Waals surface area contributed by atoms with E-state index in [0.29, 0.717) is 18.1 Å². The molecule has 0 amide bonds. The summed E-state index contributed by atoms with van der Waals surface area (Å²) in [5.41, 5.74) is -0.0897. The van der Waals surface area contributed by atoms with Gasteiger partial charge >= 0.3 is 0 Å². The highest BCUT2D eigenvalue weighted by atomic mass is 16.3. The lowest BCUT2D eigenvalue weighted by Gasteiger charge is -2.47. The highest BCUT2D eigenvalue weighted by molar-refractivity contribution is 5.80. The molecule has 0 spiro atoms. The second-order valence-electron chi connectivity index (χ2n) is 4.90. The molecule has 2 heteroatoms. The van der Waals surface area contributed by atoms with E-state index in [4.69, 9.17) is 0 Å². The summed E-state index contributed by atoms with van der Waals surface area (Å²) < 4.78 is 0. The standard InChI is InChI=1S/C11H18O2/c1-11-7-9(12)6-5-8(11)3-2-4-10(11)13/h8,10,13H,2-7H2,1H3/t8-,10-,11-/m0/s1. The smallest absolute Gasteiger partial charge is 0.133 e. The number of carbonyl (C=O) groups excluding carboxylic acids is 1. The van der Waals surface area contributed by atoms with E-state index in [2.05, 4.69) is 6.92 Å². The Hall–Kier alpha value is -0.370. The van der Waals surface area contributed by atoms with Crippen molar-refractivity contribution in [2.24, 2.45) is 11.3 Å². The lowest BCUT2D eigenvalue weighted by molar-refractivity contribution is -0.134. The summed E-state index contributed by atoms with van der Waals surface area (Å²) in [5, 5.41) is 9.93. The van der Waals surface area contributed by atoms with Gasteiger partial charge in [-0.25, -0.2) is 0 Å². The topological polar surface area (TPSA) is 37.3 Å². The van der Waals surface area contributed by atoms with Gasteiger partial charge < -0.3 is 5.11 Å². The number of hydrogen-bond donors (Lipinski definition) is 1. The van der Waals surface area contributed by atoms with Gasteiger partial charge in [0.2, 0.25) is 0 Å². The van der Waals surface area contributed by atoms with E-state index < -0.39 is 0 Å². The maximum atomic E-state index is 11.4. The molecule has 2 fully saturated rings. The van der Waals surface area contributed by atoms with E-state index >= 15 is 0 Å². The van der Waals surface area contributed by atoms with E-state index in [0.717, 1.165) is 25.7 Å². The number of aliphatic hydroxyl groups excluding tert-OH is 1. The summed E-state index contributed by atoms with van der Waals surface area (Å²) in [6.07, 6.45) is 5.35. The number of hydrogen-bond acceptors (Lipinski definition) is 2. The first-order chi connectivity index (χ1) is 6.13. The Morgan fingerprint density at radius 1 is 1.38 bits per heavy atom. The predicted octanol–water partition coefficient (Wildman–Crippen LogP) is 1.91. The van der Waals surface area contributed by atoms with Crippen LogP contribution in [0.3, 0.4) is 0 Å². The van der Waals surface area contributed by atoms with Crippen molar-refractivity contribution in [3.05, 3.63) is 0 Å². The van der Waals surface area contributed by atoms with E-state index in [1.54, 1.807) is 0 Å². The van der Waals surface area contributed by atoms with Crippen molar-refractivity contribution in [1.82, 2.24) is 0 Å². The van der Waals surface area contributed by atoms with Crippen LogP contribution in [-0.4, -0.2) is 17.0 Å². The Bertz CT molecular complexity index is 224. The maximum Gasteiger partial charge on any atom is 0.133 e. The lowest BCUT2D eigenvalue weighted by atomic mass is 9.59. The molecule has 2 nitrogen and oxygen atoms in total. The minimum atomic E-state index is -0.240. The van der Waals surface area contributed by atoms with Gasteiger partial charge in [0.25, 0.3) is 0 Å². The summed E-state index contributed by atoms with van der Waals surface area (Å²) in [4.78, 5) is 11.4. The zero-order valence-electron chi connectivity index (χ0n) is 8.25. The van der Waals surface area contributed by atoms with E-state index in [-0.39, 0.29) is 11.5 Å². The number of rotatable bonds is 0. The minimum Gasteiger partial charge on any atom is -0.393 e. The number of fused-ring (bicyclic) bond motifs is 1. The Morgan fingerprint density at radius 2 is 2.15 bits per heavy atom. The van der Waals surface area contributed by atoms with Gasteiger partial charge in [-0.2, -0.15) is 0 Å². The van der Waals surface area contributed by atoms with Crippen molar-refractivity contribution in [1.29, 1.82) is 0 Å². The monoisotopic (exact) mass is 182 g/mol. The van der Waals surface area contributed by atoms with Crippen molar-refractivity contribution in [3.63, 3.8) is 0 Å². The Morgan fingerprint density at radius 3 is 2.92 bits per heavy atom. The fourth-order valence-electron chi connectivity index (χ4n) is 3.07. The molecule has 0 aromatic rings. The number of aliphatic hydroxyl groups is 1. The van der Waals surface area contributed by atoms with Gasteiger partial charge in [0.05, 0.1) is 6.10 Å². The summed E-state index contributed by atoms with van der Waals surface area (Å²) in [7, 11) is 0. The molecule has 3 atom stereocenters.